The summed E-state index contributed by atoms with van der Waals surface area (Å²) in [4.78, 5) is 25.5. The second-order valence-electron chi connectivity index (χ2n) is 5.96. The van der Waals surface area contributed by atoms with Gasteiger partial charge in [0.1, 0.15) is 0 Å². The molecule has 0 fully saturated rings. The predicted molar refractivity (Wildman–Crippen MR) is 102 cm³/mol. The van der Waals surface area contributed by atoms with Crippen molar-refractivity contribution < 1.29 is 4.79 Å². The zero-order chi connectivity index (χ0) is 17.9. The molecule has 0 radical (unpaired) electrons. The molecule has 0 aliphatic carbocycles. The number of rotatable bonds is 3. The third-order valence-corrected chi connectivity index (χ3v) is 4.17. The molecule has 2 aromatic carbocycles. The van der Waals surface area contributed by atoms with Gasteiger partial charge in [-0.3, -0.25) is 14.8 Å². The van der Waals surface area contributed by atoms with Gasteiger partial charge in [0, 0.05) is 29.2 Å². The lowest BCUT2D eigenvalue weighted by atomic mass is 10.1. The van der Waals surface area contributed by atoms with Gasteiger partial charge < -0.3 is 5.32 Å². The number of benzene rings is 2. The van der Waals surface area contributed by atoms with Crippen LogP contribution >= 0.6 is 0 Å². The highest BCUT2D eigenvalue weighted by atomic mass is 16.1. The van der Waals surface area contributed by atoms with Crippen molar-refractivity contribution in [3.63, 3.8) is 0 Å². The summed E-state index contributed by atoms with van der Waals surface area (Å²) in [6, 6.07) is 17.0. The van der Waals surface area contributed by atoms with Crippen molar-refractivity contribution >= 4 is 22.6 Å². The lowest BCUT2D eigenvalue weighted by Crippen LogP contribution is -2.12. The van der Waals surface area contributed by atoms with Crippen LogP contribution < -0.4 is 5.32 Å². The number of aromatic nitrogens is 3. The number of aryl methyl sites for hydroxylation is 1. The van der Waals surface area contributed by atoms with Gasteiger partial charge >= 0.3 is 0 Å². The lowest BCUT2D eigenvalue weighted by molar-refractivity contribution is 0.102. The second kappa shape index (κ2) is 6.72. The molecule has 2 heterocycles. The monoisotopic (exact) mass is 340 g/mol. The average molecular weight is 340 g/mol. The summed E-state index contributed by atoms with van der Waals surface area (Å²) in [5.74, 6) is -0.169. The lowest BCUT2D eigenvalue weighted by Gasteiger charge is -2.11. The van der Waals surface area contributed by atoms with Crippen molar-refractivity contribution in [1.82, 2.24) is 15.0 Å². The average Bonchev–Trinajstić information content (AvgIpc) is 2.70. The fraction of sp³-hybridized carbons (Fsp3) is 0.0476. The Morgan fingerprint density at radius 2 is 1.73 bits per heavy atom. The maximum atomic E-state index is 12.4. The molecule has 5 nitrogen and oxygen atoms in total. The van der Waals surface area contributed by atoms with Gasteiger partial charge in [-0.25, -0.2) is 4.98 Å². The summed E-state index contributed by atoms with van der Waals surface area (Å²) in [6.07, 6.45) is 4.95. The summed E-state index contributed by atoms with van der Waals surface area (Å²) < 4.78 is 0. The van der Waals surface area contributed by atoms with Gasteiger partial charge in [0.15, 0.2) is 0 Å². The first-order valence-corrected chi connectivity index (χ1v) is 8.25. The van der Waals surface area contributed by atoms with E-state index in [0.717, 1.165) is 33.5 Å². The number of fused-ring (bicyclic) bond motifs is 1. The highest BCUT2D eigenvalue weighted by molar-refractivity contribution is 6.04. The number of anilines is 1. The van der Waals surface area contributed by atoms with Gasteiger partial charge in [-0.15, -0.1) is 0 Å². The van der Waals surface area contributed by atoms with E-state index in [0.29, 0.717) is 5.56 Å². The molecule has 0 spiro atoms. The van der Waals surface area contributed by atoms with Gasteiger partial charge in [-0.2, -0.15) is 0 Å². The fourth-order valence-electron chi connectivity index (χ4n) is 2.71. The summed E-state index contributed by atoms with van der Waals surface area (Å²) in [6.45, 7) is 1.96. The molecule has 0 atom stereocenters. The SMILES string of the molecule is Cc1ccc(-c2cnc3ccccc3n2)cc1NC(=O)c1ccncc1. The van der Waals surface area contributed by atoms with Gasteiger partial charge in [-0.05, 0) is 42.8 Å². The van der Waals surface area contributed by atoms with Crippen molar-refractivity contribution in [1.29, 1.82) is 0 Å². The summed E-state index contributed by atoms with van der Waals surface area (Å²) in [5, 5.41) is 2.96. The van der Waals surface area contributed by atoms with Crippen LogP contribution in [0.2, 0.25) is 0 Å². The summed E-state index contributed by atoms with van der Waals surface area (Å²) in [5.41, 5.74) is 5.66. The Bertz CT molecular complexity index is 1090. The predicted octanol–water partition coefficient (Wildman–Crippen LogP) is 4.25. The van der Waals surface area contributed by atoms with Crippen molar-refractivity contribution in [3.8, 4) is 11.3 Å². The van der Waals surface area contributed by atoms with Crippen LogP contribution in [0.25, 0.3) is 22.3 Å². The third-order valence-electron chi connectivity index (χ3n) is 4.17. The molecule has 4 rings (SSSR count). The Kier molecular flexibility index (Phi) is 4.11. The maximum Gasteiger partial charge on any atom is 0.255 e. The third kappa shape index (κ3) is 3.15. The number of nitrogens with one attached hydrogen (secondary N) is 1. The normalized spacial score (nSPS) is 10.7. The fourth-order valence-corrected chi connectivity index (χ4v) is 2.71. The zero-order valence-corrected chi connectivity index (χ0v) is 14.2. The van der Waals surface area contributed by atoms with E-state index < -0.39 is 0 Å². The Morgan fingerprint density at radius 3 is 2.54 bits per heavy atom. The quantitative estimate of drug-likeness (QED) is 0.605. The van der Waals surface area contributed by atoms with Crippen LogP contribution in [-0.2, 0) is 0 Å². The number of para-hydroxylation sites is 2. The van der Waals surface area contributed by atoms with E-state index in [1.807, 2.05) is 49.4 Å². The molecule has 5 heteroatoms. The first-order chi connectivity index (χ1) is 12.7. The Labute approximate surface area is 150 Å². The van der Waals surface area contributed by atoms with Crippen molar-refractivity contribution in [2.24, 2.45) is 0 Å². The standard InChI is InChI=1S/C21H16N4O/c1-14-6-7-16(20-13-23-17-4-2-3-5-18(17)24-20)12-19(14)25-21(26)15-8-10-22-11-9-15/h2-13H,1H3,(H,25,26). The van der Waals surface area contributed by atoms with Crippen LogP contribution in [-0.4, -0.2) is 20.9 Å². The van der Waals surface area contributed by atoms with Gasteiger partial charge in [0.05, 0.1) is 22.9 Å². The van der Waals surface area contributed by atoms with E-state index in [9.17, 15) is 4.79 Å². The van der Waals surface area contributed by atoms with Crippen molar-refractivity contribution in [2.75, 3.05) is 5.32 Å². The van der Waals surface area contributed by atoms with E-state index >= 15 is 0 Å². The highest BCUT2D eigenvalue weighted by Gasteiger charge is 2.10. The smallest absolute Gasteiger partial charge is 0.255 e. The van der Waals surface area contributed by atoms with Crippen LogP contribution in [0, 0.1) is 6.92 Å². The molecule has 0 unspecified atom stereocenters. The number of hydrogen-bond acceptors (Lipinski definition) is 4. The molecule has 0 aliphatic rings. The number of pyridine rings is 1. The largest absolute Gasteiger partial charge is 0.322 e. The Morgan fingerprint density at radius 1 is 0.962 bits per heavy atom. The molecule has 4 aromatic rings. The number of hydrogen-bond donors (Lipinski definition) is 1. The van der Waals surface area contributed by atoms with E-state index in [4.69, 9.17) is 0 Å². The molecular formula is C21H16N4O. The summed E-state index contributed by atoms with van der Waals surface area (Å²) >= 11 is 0. The zero-order valence-electron chi connectivity index (χ0n) is 14.2. The molecule has 126 valence electrons. The maximum absolute atomic E-state index is 12.4. The van der Waals surface area contributed by atoms with Crippen LogP contribution in [0.5, 0.6) is 0 Å². The Hall–Kier alpha value is -3.60. The number of amides is 1. The van der Waals surface area contributed by atoms with Crippen LogP contribution in [0.3, 0.4) is 0 Å². The first-order valence-electron chi connectivity index (χ1n) is 8.25. The minimum atomic E-state index is -0.169. The van der Waals surface area contributed by atoms with Crippen LogP contribution in [0.15, 0.2) is 73.2 Å². The first kappa shape index (κ1) is 15.9. The molecule has 0 saturated heterocycles. The molecular weight excluding hydrogens is 324 g/mol. The van der Waals surface area contributed by atoms with Gasteiger partial charge in [-0.1, -0.05) is 24.3 Å². The molecule has 26 heavy (non-hydrogen) atoms. The van der Waals surface area contributed by atoms with E-state index in [1.54, 1.807) is 30.7 Å². The minimum absolute atomic E-state index is 0.169. The van der Waals surface area contributed by atoms with Crippen LogP contribution in [0.4, 0.5) is 5.69 Å². The highest BCUT2D eigenvalue weighted by Crippen LogP contribution is 2.25. The molecule has 0 saturated carbocycles. The molecule has 1 N–H and O–H groups in total. The number of carbonyl (C=O) groups excluding carboxylic acids is 1. The molecule has 0 bridgehead atoms. The number of carbonyl (C=O) groups is 1. The molecule has 0 aliphatic heterocycles. The Balaban J connectivity index is 1.68. The van der Waals surface area contributed by atoms with E-state index in [2.05, 4.69) is 20.3 Å². The van der Waals surface area contributed by atoms with E-state index in [-0.39, 0.29) is 5.91 Å². The van der Waals surface area contributed by atoms with Gasteiger partial charge in [0.2, 0.25) is 0 Å². The number of nitrogens with zero attached hydrogens (tertiary/aromatic N) is 3. The second-order valence-corrected chi connectivity index (χ2v) is 5.96. The minimum Gasteiger partial charge on any atom is -0.322 e. The topological polar surface area (TPSA) is 67.8 Å². The van der Waals surface area contributed by atoms with Gasteiger partial charge in [0.25, 0.3) is 5.91 Å². The van der Waals surface area contributed by atoms with Crippen molar-refractivity contribution in [3.05, 3.63) is 84.3 Å². The van der Waals surface area contributed by atoms with E-state index in [1.165, 1.54) is 0 Å². The summed E-state index contributed by atoms with van der Waals surface area (Å²) in [7, 11) is 0. The molecule has 1 amide bonds. The van der Waals surface area contributed by atoms with Crippen LogP contribution in [0.1, 0.15) is 15.9 Å². The van der Waals surface area contributed by atoms with Crippen molar-refractivity contribution in [2.45, 2.75) is 6.92 Å². The molecule has 2 aromatic heterocycles.